The predicted octanol–water partition coefficient (Wildman–Crippen LogP) is 3.85. The summed E-state index contributed by atoms with van der Waals surface area (Å²) in [4.78, 5) is 27.6. The Labute approximate surface area is 175 Å². The minimum Gasteiger partial charge on any atom is -0.466 e. The van der Waals surface area contributed by atoms with E-state index >= 15 is 0 Å². The van der Waals surface area contributed by atoms with Gasteiger partial charge in [-0.25, -0.2) is 4.39 Å². The number of esters is 1. The zero-order valence-corrected chi connectivity index (χ0v) is 17.4. The lowest BCUT2D eigenvalue weighted by Gasteiger charge is -2.40. The van der Waals surface area contributed by atoms with E-state index in [1.807, 2.05) is 4.90 Å². The smallest absolute Gasteiger partial charge is 0.314 e. The molecule has 2 heterocycles. The lowest BCUT2D eigenvalue weighted by molar-refractivity contribution is -0.161. The number of hydrogen-bond donors (Lipinski definition) is 0. The molecule has 2 fully saturated rings. The normalized spacial score (nSPS) is 25.8. The summed E-state index contributed by atoms with van der Waals surface area (Å²) >= 11 is 0. The van der Waals surface area contributed by atoms with Crippen molar-refractivity contribution < 1.29 is 23.2 Å². The SMILES string of the molecule is CCOC(=O)[C@]1(Cc2cc(-c3cccc(F)c3)no2)CCCN(C(=O)[C@H]2C[C@H]2C)C1. The van der Waals surface area contributed by atoms with E-state index in [4.69, 9.17) is 9.26 Å². The van der Waals surface area contributed by atoms with Crippen molar-refractivity contribution in [1.82, 2.24) is 10.1 Å². The van der Waals surface area contributed by atoms with Crippen LogP contribution in [-0.2, 0) is 20.7 Å². The van der Waals surface area contributed by atoms with Crippen molar-refractivity contribution in [3.8, 4) is 11.3 Å². The Kier molecular flexibility index (Phi) is 5.62. The number of amides is 1. The van der Waals surface area contributed by atoms with Crippen LogP contribution in [0.1, 0.15) is 38.9 Å². The number of aromatic nitrogens is 1. The molecule has 2 aromatic rings. The number of nitrogens with zero attached hydrogens (tertiary/aromatic N) is 2. The summed E-state index contributed by atoms with van der Waals surface area (Å²) in [7, 11) is 0. The lowest BCUT2D eigenvalue weighted by atomic mass is 9.76. The summed E-state index contributed by atoms with van der Waals surface area (Å²) < 4.78 is 24.4. The lowest BCUT2D eigenvalue weighted by Crippen LogP contribution is -2.52. The maximum atomic E-state index is 13.5. The molecule has 6 nitrogen and oxygen atoms in total. The van der Waals surface area contributed by atoms with Crippen LogP contribution in [0, 0.1) is 23.1 Å². The van der Waals surface area contributed by atoms with Crippen LogP contribution in [0.4, 0.5) is 4.39 Å². The number of carbonyl (C=O) groups excluding carboxylic acids is 2. The molecule has 0 unspecified atom stereocenters. The molecule has 30 heavy (non-hydrogen) atoms. The van der Waals surface area contributed by atoms with Crippen LogP contribution in [0.25, 0.3) is 11.3 Å². The fourth-order valence-corrected chi connectivity index (χ4v) is 4.40. The van der Waals surface area contributed by atoms with Gasteiger partial charge in [-0.15, -0.1) is 0 Å². The van der Waals surface area contributed by atoms with Crippen LogP contribution in [0.15, 0.2) is 34.9 Å². The molecule has 160 valence electrons. The van der Waals surface area contributed by atoms with Crippen molar-refractivity contribution in [2.75, 3.05) is 19.7 Å². The molecule has 1 saturated carbocycles. The highest BCUT2D eigenvalue weighted by Gasteiger charge is 2.49. The molecule has 3 atom stereocenters. The molecule has 1 aromatic carbocycles. The van der Waals surface area contributed by atoms with Crippen LogP contribution < -0.4 is 0 Å². The number of halogens is 1. The monoisotopic (exact) mass is 414 g/mol. The number of hydrogen-bond acceptors (Lipinski definition) is 5. The van der Waals surface area contributed by atoms with Crippen molar-refractivity contribution in [3.05, 3.63) is 41.9 Å². The van der Waals surface area contributed by atoms with Gasteiger partial charge in [0, 0.05) is 37.1 Å². The van der Waals surface area contributed by atoms with Gasteiger partial charge in [-0.3, -0.25) is 9.59 Å². The average molecular weight is 414 g/mol. The predicted molar refractivity (Wildman–Crippen MR) is 108 cm³/mol. The first kappa shape index (κ1) is 20.6. The third-order valence-electron chi connectivity index (χ3n) is 6.22. The van der Waals surface area contributed by atoms with Crippen LogP contribution in [0.3, 0.4) is 0 Å². The Morgan fingerprint density at radius 3 is 2.87 bits per heavy atom. The molecule has 1 amide bonds. The topological polar surface area (TPSA) is 72.6 Å². The van der Waals surface area contributed by atoms with E-state index in [2.05, 4.69) is 12.1 Å². The molecule has 0 N–H and O–H groups in total. The van der Waals surface area contributed by atoms with Crippen LogP contribution in [-0.4, -0.2) is 41.6 Å². The molecule has 1 aliphatic carbocycles. The van der Waals surface area contributed by atoms with Crippen molar-refractivity contribution in [1.29, 1.82) is 0 Å². The van der Waals surface area contributed by atoms with E-state index in [-0.39, 0.29) is 36.6 Å². The summed E-state index contributed by atoms with van der Waals surface area (Å²) in [5.41, 5.74) is 0.262. The van der Waals surface area contributed by atoms with Gasteiger partial charge in [-0.05, 0) is 44.2 Å². The van der Waals surface area contributed by atoms with Gasteiger partial charge < -0.3 is 14.2 Å². The number of piperidine rings is 1. The third kappa shape index (κ3) is 4.11. The minimum atomic E-state index is -0.860. The van der Waals surface area contributed by atoms with E-state index in [0.29, 0.717) is 42.4 Å². The highest BCUT2D eigenvalue weighted by Crippen LogP contribution is 2.42. The van der Waals surface area contributed by atoms with Gasteiger partial charge in [0.25, 0.3) is 0 Å². The number of carbonyl (C=O) groups is 2. The summed E-state index contributed by atoms with van der Waals surface area (Å²) in [6.45, 7) is 5.12. The van der Waals surface area contributed by atoms with Gasteiger partial charge in [0.1, 0.15) is 17.3 Å². The van der Waals surface area contributed by atoms with E-state index in [9.17, 15) is 14.0 Å². The minimum absolute atomic E-state index is 0.0767. The summed E-state index contributed by atoms with van der Waals surface area (Å²) in [5, 5.41) is 4.06. The molecule has 0 spiro atoms. The van der Waals surface area contributed by atoms with Crippen LogP contribution >= 0.6 is 0 Å². The highest BCUT2D eigenvalue weighted by atomic mass is 19.1. The molecule has 1 saturated heterocycles. The van der Waals surface area contributed by atoms with Gasteiger partial charge in [0.15, 0.2) is 0 Å². The summed E-state index contributed by atoms with van der Waals surface area (Å²) in [6.07, 6.45) is 2.56. The summed E-state index contributed by atoms with van der Waals surface area (Å²) in [6, 6.07) is 7.86. The first-order valence-electron chi connectivity index (χ1n) is 10.6. The first-order valence-corrected chi connectivity index (χ1v) is 10.6. The molecule has 1 aromatic heterocycles. The fraction of sp³-hybridized carbons (Fsp3) is 0.522. The number of likely N-dealkylation sites (tertiary alicyclic amines) is 1. The van der Waals surface area contributed by atoms with Crippen molar-refractivity contribution in [2.24, 2.45) is 17.3 Å². The van der Waals surface area contributed by atoms with E-state index in [1.165, 1.54) is 12.1 Å². The van der Waals surface area contributed by atoms with Crippen molar-refractivity contribution in [3.63, 3.8) is 0 Å². The van der Waals surface area contributed by atoms with Gasteiger partial charge in [0.05, 0.1) is 12.0 Å². The molecule has 7 heteroatoms. The van der Waals surface area contributed by atoms with Crippen LogP contribution in [0.5, 0.6) is 0 Å². The average Bonchev–Trinajstić information content (AvgIpc) is 3.28. The second-order valence-corrected chi connectivity index (χ2v) is 8.55. The first-order chi connectivity index (χ1) is 14.4. The Balaban J connectivity index is 1.57. The number of ether oxygens (including phenoxy) is 1. The molecule has 0 radical (unpaired) electrons. The number of rotatable bonds is 6. The molecule has 4 rings (SSSR count). The standard InChI is InChI=1S/C23H27FN2O4/c1-3-29-22(28)23(8-5-9-26(14-23)21(27)19-10-15(19)2)13-18-12-20(25-30-18)16-6-4-7-17(24)11-16/h4,6-7,11-12,15,19H,3,5,8-10,13-14H2,1-2H3/t15-,19+,23+/m1/s1. The fourth-order valence-electron chi connectivity index (χ4n) is 4.40. The van der Waals surface area contributed by atoms with E-state index in [0.717, 1.165) is 12.8 Å². The second-order valence-electron chi connectivity index (χ2n) is 8.55. The number of benzene rings is 1. The maximum absolute atomic E-state index is 13.5. The van der Waals surface area contributed by atoms with Gasteiger partial charge in [0.2, 0.25) is 5.91 Å². The molecular weight excluding hydrogens is 387 g/mol. The molecule has 2 aliphatic rings. The Hall–Kier alpha value is -2.70. The third-order valence-corrected chi connectivity index (χ3v) is 6.22. The van der Waals surface area contributed by atoms with Gasteiger partial charge >= 0.3 is 5.97 Å². The Bertz CT molecular complexity index is 943. The zero-order valence-electron chi connectivity index (χ0n) is 17.4. The van der Waals surface area contributed by atoms with Gasteiger partial charge in [-0.1, -0.05) is 24.2 Å². The molecular formula is C23H27FN2O4. The Morgan fingerprint density at radius 1 is 1.37 bits per heavy atom. The van der Waals surface area contributed by atoms with Crippen molar-refractivity contribution >= 4 is 11.9 Å². The quantitative estimate of drug-likeness (QED) is 0.672. The highest BCUT2D eigenvalue weighted by molar-refractivity contribution is 5.84. The molecule has 0 bridgehead atoms. The summed E-state index contributed by atoms with van der Waals surface area (Å²) in [5.74, 6) is 0.489. The maximum Gasteiger partial charge on any atom is 0.314 e. The van der Waals surface area contributed by atoms with E-state index in [1.54, 1.807) is 25.1 Å². The Morgan fingerprint density at radius 2 is 2.17 bits per heavy atom. The van der Waals surface area contributed by atoms with E-state index < -0.39 is 5.41 Å². The second kappa shape index (κ2) is 8.20. The van der Waals surface area contributed by atoms with Gasteiger partial charge in [-0.2, -0.15) is 0 Å². The van der Waals surface area contributed by atoms with Crippen molar-refractivity contribution in [2.45, 2.75) is 39.5 Å². The largest absolute Gasteiger partial charge is 0.466 e. The zero-order chi connectivity index (χ0) is 21.3. The van der Waals surface area contributed by atoms with Crippen LogP contribution in [0.2, 0.25) is 0 Å². The molecule has 1 aliphatic heterocycles.